The summed E-state index contributed by atoms with van der Waals surface area (Å²) in [6.45, 7) is 5.57. The molecule has 0 amide bonds. The van der Waals surface area contributed by atoms with Gasteiger partial charge in [0, 0.05) is 54.1 Å². The molecule has 174 valence electrons. The number of pyridine rings is 1. The summed E-state index contributed by atoms with van der Waals surface area (Å²) in [6.07, 6.45) is 1.90. The number of halogens is 1. The van der Waals surface area contributed by atoms with E-state index < -0.39 is 0 Å². The van der Waals surface area contributed by atoms with E-state index in [0.29, 0.717) is 5.02 Å². The Morgan fingerprint density at radius 3 is 2.23 bits per heavy atom. The van der Waals surface area contributed by atoms with E-state index in [1.165, 1.54) is 0 Å². The van der Waals surface area contributed by atoms with E-state index in [-0.39, 0.29) is 0 Å². The molecule has 0 unspecified atom stereocenters. The lowest BCUT2D eigenvalue weighted by atomic mass is 10.1. The zero-order chi connectivity index (χ0) is 23.8. The SMILES string of the molecule is Cc1cccc(N2CCN(c3cc(-c4ccccc4)nc4c(-c5ccc(Cl)cc5)cnn34)CC2)n1. The van der Waals surface area contributed by atoms with Crippen molar-refractivity contribution in [3.63, 3.8) is 0 Å². The number of nitrogens with zero attached hydrogens (tertiary/aromatic N) is 6. The molecule has 0 spiro atoms. The summed E-state index contributed by atoms with van der Waals surface area (Å²) in [4.78, 5) is 14.5. The van der Waals surface area contributed by atoms with E-state index in [1.54, 1.807) is 0 Å². The van der Waals surface area contributed by atoms with Crippen LogP contribution in [0.4, 0.5) is 11.6 Å². The van der Waals surface area contributed by atoms with Gasteiger partial charge in [-0.1, -0.05) is 60.1 Å². The maximum Gasteiger partial charge on any atom is 0.165 e. The van der Waals surface area contributed by atoms with Gasteiger partial charge in [0.1, 0.15) is 11.6 Å². The molecule has 2 aromatic carbocycles. The molecule has 1 aliphatic rings. The van der Waals surface area contributed by atoms with Gasteiger partial charge in [-0.15, -0.1) is 0 Å². The fourth-order valence-electron chi connectivity index (χ4n) is 4.63. The first-order valence-electron chi connectivity index (χ1n) is 11.8. The van der Waals surface area contributed by atoms with Crippen molar-refractivity contribution in [3.05, 3.63) is 95.8 Å². The first-order valence-corrected chi connectivity index (χ1v) is 12.2. The van der Waals surface area contributed by atoms with Crippen LogP contribution < -0.4 is 9.80 Å². The van der Waals surface area contributed by atoms with Crippen molar-refractivity contribution in [2.75, 3.05) is 36.0 Å². The Bertz CT molecular complexity index is 1470. The Morgan fingerprint density at radius 1 is 0.743 bits per heavy atom. The molecule has 1 saturated heterocycles. The number of aryl methyl sites for hydroxylation is 1. The number of aromatic nitrogens is 4. The third kappa shape index (κ3) is 4.21. The van der Waals surface area contributed by atoms with Crippen molar-refractivity contribution in [2.45, 2.75) is 6.92 Å². The second-order valence-corrected chi connectivity index (χ2v) is 9.21. The normalized spacial score (nSPS) is 14.0. The van der Waals surface area contributed by atoms with Crippen LogP contribution in [0, 0.1) is 6.92 Å². The van der Waals surface area contributed by atoms with Crippen molar-refractivity contribution in [3.8, 4) is 22.4 Å². The summed E-state index contributed by atoms with van der Waals surface area (Å²) in [6, 6.07) is 26.5. The molecule has 6 nitrogen and oxygen atoms in total. The lowest BCUT2D eigenvalue weighted by Gasteiger charge is -2.36. The third-order valence-corrected chi connectivity index (χ3v) is 6.73. The number of piperazine rings is 1. The lowest BCUT2D eigenvalue weighted by molar-refractivity contribution is 0.633. The fraction of sp³-hybridized carbons (Fsp3) is 0.179. The van der Waals surface area contributed by atoms with Crippen LogP contribution in [0.3, 0.4) is 0 Å². The largest absolute Gasteiger partial charge is 0.353 e. The van der Waals surface area contributed by atoms with Gasteiger partial charge in [0.05, 0.1) is 11.9 Å². The molecule has 0 saturated carbocycles. The van der Waals surface area contributed by atoms with Gasteiger partial charge in [0.25, 0.3) is 0 Å². The number of hydrogen-bond donors (Lipinski definition) is 0. The van der Waals surface area contributed by atoms with E-state index in [2.05, 4.69) is 40.1 Å². The van der Waals surface area contributed by atoms with Crippen LogP contribution in [0.1, 0.15) is 5.69 Å². The van der Waals surface area contributed by atoms with E-state index in [9.17, 15) is 0 Å². The highest BCUT2D eigenvalue weighted by atomic mass is 35.5. The monoisotopic (exact) mass is 480 g/mol. The number of hydrogen-bond acceptors (Lipinski definition) is 5. The molecule has 0 radical (unpaired) electrons. The van der Waals surface area contributed by atoms with Gasteiger partial charge in [0.15, 0.2) is 5.65 Å². The maximum atomic E-state index is 6.14. The number of benzene rings is 2. The molecule has 7 heteroatoms. The molecule has 4 heterocycles. The molecule has 1 aliphatic heterocycles. The molecule has 3 aromatic heterocycles. The molecule has 35 heavy (non-hydrogen) atoms. The summed E-state index contributed by atoms with van der Waals surface area (Å²) >= 11 is 6.14. The molecule has 0 N–H and O–H groups in total. The van der Waals surface area contributed by atoms with E-state index in [4.69, 9.17) is 26.7 Å². The smallest absolute Gasteiger partial charge is 0.165 e. The average Bonchev–Trinajstić information content (AvgIpc) is 3.33. The third-order valence-electron chi connectivity index (χ3n) is 6.48. The van der Waals surface area contributed by atoms with Crippen LogP contribution in [0.2, 0.25) is 5.02 Å². The highest BCUT2D eigenvalue weighted by Crippen LogP contribution is 2.31. The molecular weight excluding hydrogens is 456 g/mol. The first kappa shape index (κ1) is 21.6. The molecule has 0 bridgehead atoms. The Hall–Kier alpha value is -3.90. The van der Waals surface area contributed by atoms with Crippen molar-refractivity contribution in [2.24, 2.45) is 0 Å². The van der Waals surface area contributed by atoms with E-state index in [1.807, 2.05) is 66.2 Å². The quantitative estimate of drug-likeness (QED) is 0.328. The maximum absolute atomic E-state index is 6.14. The minimum absolute atomic E-state index is 0.713. The van der Waals surface area contributed by atoms with Crippen molar-refractivity contribution < 1.29 is 0 Å². The van der Waals surface area contributed by atoms with Crippen molar-refractivity contribution in [1.82, 2.24) is 19.6 Å². The molecular formula is C28H25ClN6. The van der Waals surface area contributed by atoms with Gasteiger partial charge in [0.2, 0.25) is 0 Å². The number of anilines is 2. The molecule has 0 atom stereocenters. The van der Waals surface area contributed by atoms with E-state index in [0.717, 1.165) is 71.5 Å². The molecule has 0 aliphatic carbocycles. The van der Waals surface area contributed by atoms with Crippen LogP contribution in [-0.4, -0.2) is 45.8 Å². The van der Waals surface area contributed by atoms with Crippen LogP contribution >= 0.6 is 11.6 Å². The van der Waals surface area contributed by atoms with Gasteiger partial charge in [-0.2, -0.15) is 9.61 Å². The van der Waals surface area contributed by atoms with E-state index >= 15 is 0 Å². The number of rotatable bonds is 4. The summed E-state index contributed by atoms with van der Waals surface area (Å²) in [5, 5.41) is 5.48. The Balaban J connectivity index is 1.40. The Kier molecular flexibility index (Phi) is 5.58. The Morgan fingerprint density at radius 2 is 1.49 bits per heavy atom. The van der Waals surface area contributed by atoms with Crippen LogP contribution in [-0.2, 0) is 0 Å². The van der Waals surface area contributed by atoms with Crippen molar-refractivity contribution in [1.29, 1.82) is 0 Å². The van der Waals surface area contributed by atoms with Gasteiger partial charge in [-0.25, -0.2) is 9.97 Å². The minimum atomic E-state index is 0.713. The zero-order valence-corrected chi connectivity index (χ0v) is 20.2. The van der Waals surface area contributed by atoms with Gasteiger partial charge in [-0.05, 0) is 36.8 Å². The highest BCUT2D eigenvalue weighted by Gasteiger charge is 2.23. The summed E-state index contributed by atoms with van der Waals surface area (Å²) in [7, 11) is 0. The second kappa shape index (κ2) is 9.04. The van der Waals surface area contributed by atoms with Gasteiger partial charge >= 0.3 is 0 Å². The first-order chi connectivity index (χ1) is 17.2. The average molecular weight is 481 g/mol. The second-order valence-electron chi connectivity index (χ2n) is 8.78. The molecule has 1 fully saturated rings. The number of fused-ring (bicyclic) bond motifs is 1. The van der Waals surface area contributed by atoms with Crippen molar-refractivity contribution >= 4 is 28.9 Å². The summed E-state index contributed by atoms with van der Waals surface area (Å²) < 4.78 is 1.97. The van der Waals surface area contributed by atoms with Gasteiger partial charge < -0.3 is 9.80 Å². The predicted octanol–water partition coefficient (Wildman–Crippen LogP) is 5.75. The Labute approximate surface area is 209 Å². The summed E-state index contributed by atoms with van der Waals surface area (Å²) in [5.41, 5.74) is 5.94. The standard InChI is InChI=1S/C28H25ClN6/c1-20-6-5-9-26(31-20)33-14-16-34(17-15-33)27-18-25(22-7-3-2-4-8-22)32-28-24(19-30-35(27)28)21-10-12-23(29)13-11-21/h2-13,18-19H,14-17H2,1H3. The topological polar surface area (TPSA) is 49.6 Å². The zero-order valence-electron chi connectivity index (χ0n) is 19.5. The summed E-state index contributed by atoms with van der Waals surface area (Å²) in [5.74, 6) is 2.09. The lowest BCUT2D eigenvalue weighted by Crippen LogP contribution is -2.47. The van der Waals surface area contributed by atoms with Gasteiger partial charge in [-0.3, -0.25) is 0 Å². The minimum Gasteiger partial charge on any atom is -0.353 e. The molecule has 5 aromatic rings. The highest BCUT2D eigenvalue weighted by molar-refractivity contribution is 6.30. The van der Waals surface area contributed by atoms with Crippen LogP contribution in [0.15, 0.2) is 85.1 Å². The fourth-order valence-corrected chi connectivity index (χ4v) is 4.76. The predicted molar refractivity (Wildman–Crippen MR) is 142 cm³/mol. The van der Waals surface area contributed by atoms with Crippen LogP contribution in [0.25, 0.3) is 28.0 Å². The molecule has 6 rings (SSSR count). The van der Waals surface area contributed by atoms with Crippen LogP contribution in [0.5, 0.6) is 0 Å².